The second-order valence-electron chi connectivity index (χ2n) is 15.6. The lowest BCUT2D eigenvalue weighted by Gasteiger charge is -2.47. The number of carboxylic acid groups (broad SMARTS) is 1. The molecule has 2 N–H and O–H groups in total. The number of ether oxygens (including phenoxy) is 2. The van der Waals surface area contributed by atoms with Crippen molar-refractivity contribution in [1.29, 1.82) is 0 Å². The maximum atomic E-state index is 13.0. The Kier molecular flexibility index (Phi) is 9.86. The highest BCUT2D eigenvalue weighted by molar-refractivity contribution is 6.30. The molecule has 1 aliphatic heterocycles. The van der Waals surface area contributed by atoms with E-state index in [2.05, 4.69) is 54.3 Å². The van der Waals surface area contributed by atoms with Gasteiger partial charge in [0.2, 0.25) is 0 Å². The first-order valence-electron chi connectivity index (χ1n) is 18.5. The second kappa shape index (κ2) is 14.1. The van der Waals surface area contributed by atoms with Crippen LogP contribution in [0.15, 0.2) is 54.7 Å². The van der Waals surface area contributed by atoms with Crippen molar-refractivity contribution in [2.24, 2.45) is 11.8 Å². The number of anilines is 1. The lowest BCUT2D eigenvalue weighted by molar-refractivity contribution is -0.144. The van der Waals surface area contributed by atoms with E-state index in [1.54, 1.807) is 0 Å². The number of carboxylic acids is 1. The van der Waals surface area contributed by atoms with E-state index in [-0.39, 0.29) is 11.5 Å². The fourth-order valence-corrected chi connectivity index (χ4v) is 9.64. The van der Waals surface area contributed by atoms with Gasteiger partial charge in [-0.2, -0.15) is 0 Å². The zero-order valence-corrected chi connectivity index (χ0v) is 30.1. The molecule has 49 heavy (non-hydrogen) atoms. The molecule has 8 heteroatoms. The van der Waals surface area contributed by atoms with Crippen LogP contribution in [0.5, 0.6) is 11.5 Å². The molecular formula is C41H52ClN3O4. The largest absolute Gasteiger partial charge is 0.493 e. The summed E-state index contributed by atoms with van der Waals surface area (Å²) in [6, 6.07) is 16.2. The number of benzene rings is 2. The van der Waals surface area contributed by atoms with Crippen LogP contribution in [0.4, 0.5) is 5.69 Å². The van der Waals surface area contributed by atoms with Crippen molar-refractivity contribution < 1.29 is 19.4 Å². The highest BCUT2D eigenvalue weighted by Crippen LogP contribution is 2.57. The molecule has 4 aliphatic rings. The van der Waals surface area contributed by atoms with Crippen LogP contribution < -0.4 is 14.8 Å². The summed E-state index contributed by atoms with van der Waals surface area (Å²) in [5.74, 6) is 2.35. The first-order valence-corrected chi connectivity index (χ1v) is 18.9. The zero-order chi connectivity index (χ0) is 34.2. The maximum Gasteiger partial charge on any atom is 0.329 e. The van der Waals surface area contributed by atoms with Gasteiger partial charge in [0.1, 0.15) is 23.1 Å². The molecule has 0 radical (unpaired) electrons. The topological polar surface area (TPSA) is 83.9 Å². The molecule has 2 heterocycles. The lowest BCUT2D eigenvalue weighted by Crippen LogP contribution is -2.53. The highest BCUT2D eigenvalue weighted by Gasteiger charge is 2.54. The summed E-state index contributed by atoms with van der Waals surface area (Å²) in [6.45, 7) is 7.38. The van der Waals surface area contributed by atoms with Gasteiger partial charge < -0.3 is 24.8 Å². The minimum Gasteiger partial charge on any atom is -0.493 e. The Morgan fingerprint density at radius 3 is 2.65 bits per heavy atom. The van der Waals surface area contributed by atoms with Gasteiger partial charge in [-0.3, -0.25) is 4.98 Å². The molecule has 7 nitrogen and oxygen atoms in total. The second-order valence-corrected chi connectivity index (χ2v) is 16.1. The predicted octanol–water partition coefficient (Wildman–Crippen LogP) is 8.67. The van der Waals surface area contributed by atoms with Crippen LogP contribution in [-0.2, 0) is 23.1 Å². The van der Waals surface area contributed by atoms with Crippen LogP contribution in [0.1, 0.15) is 99.9 Å². The van der Waals surface area contributed by atoms with Crippen molar-refractivity contribution >= 4 is 23.3 Å². The zero-order valence-electron chi connectivity index (χ0n) is 29.3. The van der Waals surface area contributed by atoms with Gasteiger partial charge in [0.15, 0.2) is 0 Å². The van der Waals surface area contributed by atoms with Gasteiger partial charge in [0.05, 0.1) is 6.61 Å². The lowest BCUT2D eigenvalue weighted by atomic mass is 9.59. The van der Waals surface area contributed by atoms with Crippen molar-refractivity contribution in [3.05, 3.63) is 82.1 Å². The Balaban J connectivity index is 1.13. The predicted molar refractivity (Wildman–Crippen MR) is 195 cm³/mol. The summed E-state index contributed by atoms with van der Waals surface area (Å²) in [5.41, 5.74) is 4.84. The number of carbonyl (C=O) groups is 1. The summed E-state index contributed by atoms with van der Waals surface area (Å²) < 4.78 is 13.2. The molecule has 1 saturated heterocycles. The van der Waals surface area contributed by atoms with Crippen LogP contribution in [0.2, 0.25) is 5.02 Å². The normalized spacial score (nSPS) is 27.7. The molecule has 2 fully saturated rings. The third-order valence-corrected chi connectivity index (χ3v) is 12.5. The minimum atomic E-state index is -1.04. The molecule has 3 atom stereocenters. The number of piperidine rings is 1. The summed E-state index contributed by atoms with van der Waals surface area (Å²) in [6.07, 6.45) is 12.3. The highest BCUT2D eigenvalue weighted by atomic mass is 35.5. The smallest absolute Gasteiger partial charge is 0.329 e. The number of nitrogens with zero attached hydrogens (tertiary/aromatic N) is 2. The third kappa shape index (κ3) is 7.03. The van der Waals surface area contributed by atoms with E-state index in [4.69, 9.17) is 21.1 Å². The first-order chi connectivity index (χ1) is 23.6. The number of rotatable bonds is 10. The SMILES string of the molecule is C[C@@H](COc1ccnc2c1[C@H](C)CCC2)C[C@H]1Cc2ccc(OC3CCN(C)CC3)cc2C12CCC(Nc1cccc(Cl)c1)(C(=O)O)CC2. The number of nitrogens with one attached hydrogen (secondary N) is 1. The molecular weight excluding hydrogens is 634 g/mol. The van der Waals surface area contributed by atoms with Gasteiger partial charge in [-0.1, -0.05) is 37.6 Å². The van der Waals surface area contributed by atoms with Crippen LogP contribution in [0.3, 0.4) is 0 Å². The summed E-state index contributed by atoms with van der Waals surface area (Å²) in [4.78, 5) is 20.0. The first kappa shape index (κ1) is 34.2. The maximum absolute atomic E-state index is 13.0. The number of aryl methyl sites for hydroxylation is 1. The fourth-order valence-electron chi connectivity index (χ4n) is 9.45. The summed E-state index contributed by atoms with van der Waals surface area (Å²) in [7, 11) is 2.18. The quantitative estimate of drug-likeness (QED) is 0.221. The van der Waals surface area contributed by atoms with Gasteiger partial charge in [0.25, 0.3) is 0 Å². The summed E-state index contributed by atoms with van der Waals surface area (Å²) in [5, 5.41) is 14.7. The van der Waals surface area contributed by atoms with Gasteiger partial charge in [0, 0.05) is 41.3 Å². The molecule has 2 aromatic carbocycles. The van der Waals surface area contributed by atoms with Crippen molar-refractivity contribution in [3.63, 3.8) is 0 Å². The van der Waals surface area contributed by atoms with Crippen molar-refractivity contribution in [2.75, 3.05) is 32.1 Å². The van der Waals surface area contributed by atoms with Gasteiger partial charge >= 0.3 is 5.97 Å². The number of likely N-dealkylation sites (tertiary alicyclic amines) is 1. The summed E-state index contributed by atoms with van der Waals surface area (Å²) >= 11 is 6.29. The fraction of sp³-hybridized carbons (Fsp3) is 0.561. The molecule has 1 saturated carbocycles. The molecule has 1 spiro atoms. The molecule has 7 rings (SSSR count). The van der Waals surface area contributed by atoms with E-state index in [1.807, 2.05) is 36.5 Å². The number of hydrogen-bond donors (Lipinski definition) is 2. The number of pyridine rings is 1. The van der Waals surface area contributed by atoms with Gasteiger partial charge in [-0.25, -0.2) is 4.79 Å². The number of fused-ring (bicyclic) bond motifs is 3. The van der Waals surface area contributed by atoms with Gasteiger partial charge in [-0.15, -0.1) is 0 Å². The van der Waals surface area contributed by atoms with E-state index in [0.717, 1.165) is 75.2 Å². The number of aromatic nitrogens is 1. The molecule has 262 valence electrons. The van der Waals surface area contributed by atoms with Crippen LogP contribution in [0, 0.1) is 11.8 Å². The van der Waals surface area contributed by atoms with Crippen LogP contribution >= 0.6 is 11.6 Å². The van der Waals surface area contributed by atoms with E-state index in [1.165, 1.54) is 35.2 Å². The number of halogens is 1. The van der Waals surface area contributed by atoms with Crippen LogP contribution in [0.25, 0.3) is 0 Å². The molecule has 1 aromatic heterocycles. The van der Waals surface area contributed by atoms with E-state index in [9.17, 15) is 9.90 Å². The molecule has 3 aliphatic carbocycles. The Hall–Kier alpha value is -3.29. The van der Waals surface area contributed by atoms with Crippen molar-refractivity contribution in [1.82, 2.24) is 9.88 Å². The average molecular weight is 686 g/mol. The number of hydrogen-bond acceptors (Lipinski definition) is 6. The van der Waals surface area contributed by atoms with E-state index < -0.39 is 11.5 Å². The Morgan fingerprint density at radius 2 is 1.90 bits per heavy atom. The monoisotopic (exact) mass is 685 g/mol. The van der Waals surface area contributed by atoms with Crippen molar-refractivity contribution in [2.45, 2.75) is 107 Å². The minimum absolute atomic E-state index is 0.116. The molecule has 0 bridgehead atoms. The molecule has 3 aromatic rings. The van der Waals surface area contributed by atoms with E-state index >= 15 is 0 Å². The Labute approximate surface area is 296 Å². The standard InChI is InChI=1S/C41H52ClN3O4/c1-27(26-48-37-12-19-43-36-9-4-6-28(2)38(36)37)22-30-23-29-10-11-34(49-33-13-20-45(3)21-14-33)25-35(29)40(30)15-17-41(18-16-40,39(46)47)44-32-8-5-7-31(42)24-32/h5,7-8,10-12,19,24-25,27-28,30,33,44H,4,6,9,13-18,20-23,26H2,1-3H3,(H,46,47)/t27-,28-,30+,40?,41?/m1/s1. The molecule has 0 amide bonds. The number of aliphatic carboxylic acids is 1. The third-order valence-electron chi connectivity index (χ3n) is 12.2. The van der Waals surface area contributed by atoms with E-state index in [0.29, 0.717) is 42.2 Å². The van der Waals surface area contributed by atoms with Gasteiger partial charge in [-0.05, 0) is 148 Å². The Bertz CT molecular complexity index is 1650. The van der Waals surface area contributed by atoms with Crippen LogP contribution in [-0.4, -0.2) is 59.3 Å². The van der Waals surface area contributed by atoms with Crippen molar-refractivity contribution in [3.8, 4) is 11.5 Å². The average Bonchev–Trinajstić information content (AvgIpc) is 3.37. The Morgan fingerprint density at radius 1 is 1.10 bits per heavy atom. The molecule has 0 unspecified atom stereocenters.